The van der Waals surface area contributed by atoms with Gasteiger partial charge in [-0.3, -0.25) is 9.69 Å². The largest absolute Gasteiger partial charge is 0.480 e. The number of carboxylic acid groups (broad SMARTS) is 1. The van der Waals surface area contributed by atoms with Gasteiger partial charge in [0.2, 0.25) is 0 Å². The molecule has 0 aromatic heterocycles. The third-order valence-electron chi connectivity index (χ3n) is 4.00. The van der Waals surface area contributed by atoms with Crippen molar-refractivity contribution < 1.29 is 19.4 Å². The molecule has 5 heteroatoms. The number of aliphatic carboxylic acids is 1. The Balaban J connectivity index is 2.18. The van der Waals surface area contributed by atoms with Gasteiger partial charge in [0, 0.05) is 6.04 Å². The average molecular weight is 281 g/mol. The minimum absolute atomic E-state index is 0.260. The Labute approximate surface area is 117 Å². The van der Waals surface area contributed by atoms with E-state index in [0.29, 0.717) is 24.9 Å². The van der Waals surface area contributed by atoms with E-state index < -0.39 is 18.1 Å². The molecule has 3 unspecified atom stereocenters. The number of nitrogens with zero attached hydrogens (tertiary/aromatic N) is 1. The Morgan fingerprint density at radius 3 is 2.65 bits per heavy atom. The van der Waals surface area contributed by atoms with E-state index in [9.17, 15) is 19.4 Å². The fraction of sp³-hybridized carbons (Fsp3) is 0.533. The van der Waals surface area contributed by atoms with Gasteiger partial charge in [-0.25, -0.2) is 4.39 Å². The van der Waals surface area contributed by atoms with E-state index in [4.69, 9.17) is 0 Å². The van der Waals surface area contributed by atoms with Crippen LogP contribution in [0.5, 0.6) is 0 Å². The normalized spacial score (nSPS) is 22.6. The zero-order valence-electron chi connectivity index (χ0n) is 11.5. The second kappa shape index (κ2) is 6.33. The molecule has 1 aromatic carbocycles. The fourth-order valence-electron chi connectivity index (χ4n) is 2.97. The Bertz CT molecular complexity index is 463. The van der Waals surface area contributed by atoms with Crippen LogP contribution in [0, 0.1) is 5.82 Å². The maximum Gasteiger partial charge on any atom is 0.320 e. The molecule has 0 spiro atoms. The number of hydrogen-bond donors (Lipinski definition) is 2. The zero-order valence-corrected chi connectivity index (χ0v) is 11.5. The van der Waals surface area contributed by atoms with E-state index in [2.05, 4.69) is 0 Å². The molecule has 1 fully saturated rings. The number of carbonyl (C=O) groups is 1. The van der Waals surface area contributed by atoms with Gasteiger partial charge in [0.1, 0.15) is 11.9 Å². The van der Waals surface area contributed by atoms with E-state index >= 15 is 0 Å². The van der Waals surface area contributed by atoms with Gasteiger partial charge in [0.05, 0.1) is 6.10 Å². The summed E-state index contributed by atoms with van der Waals surface area (Å²) in [4.78, 5) is 13.1. The third-order valence-corrected chi connectivity index (χ3v) is 4.00. The average Bonchev–Trinajstić information content (AvgIpc) is 2.89. The van der Waals surface area contributed by atoms with Crippen molar-refractivity contribution >= 4 is 5.97 Å². The van der Waals surface area contributed by atoms with Gasteiger partial charge in [-0.05, 0) is 43.5 Å². The van der Waals surface area contributed by atoms with Crippen LogP contribution in [0.25, 0.3) is 0 Å². The van der Waals surface area contributed by atoms with Crippen molar-refractivity contribution in [3.8, 4) is 0 Å². The first-order chi connectivity index (χ1) is 9.54. The first-order valence-corrected chi connectivity index (χ1v) is 6.96. The Morgan fingerprint density at radius 1 is 1.45 bits per heavy atom. The lowest BCUT2D eigenvalue weighted by molar-refractivity contribution is -0.143. The quantitative estimate of drug-likeness (QED) is 0.868. The molecule has 20 heavy (non-hydrogen) atoms. The topological polar surface area (TPSA) is 60.8 Å². The minimum atomic E-state index is -0.841. The number of aliphatic hydroxyl groups is 1. The number of hydrogen-bond acceptors (Lipinski definition) is 3. The molecule has 1 aliphatic rings. The van der Waals surface area contributed by atoms with E-state index in [1.807, 2.05) is 11.8 Å². The second-order valence-electron chi connectivity index (χ2n) is 5.21. The highest BCUT2D eigenvalue weighted by Gasteiger charge is 2.37. The van der Waals surface area contributed by atoms with Crippen LogP contribution in [-0.4, -0.2) is 39.7 Å². The molecule has 4 nitrogen and oxygen atoms in total. The lowest BCUT2D eigenvalue weighted by atomic mass is 9.98. The Morgan fingerprint density at radius 2 is 2.10 bits per heavy atom. The highest BCUT2D eigenvalue weighted by Crippen LogP contribution is 2.30. The van der Waals surface area contributed by atoms with Gasteiger partial charge in [-0.2, -0.15) is 0 Å². The van der Waals surface area contributed by atoms with Crippen LogP contribution < -0.4 is 0 Å². The van der Waals surface area contributed by atoms with E-state index in [1.165, 1.54) is 12.1 Å². The molecule has 1 heterocycles. The minimum Gasteiger partial charge on any atom is -0.480 e. The van der Waals surface area contributed by atoms with Crippen LogP contribution in [0.1, 0.15) is 37.9 Å². The zero-order chi connectivity index (χ0) is 14.7. The summed E-state index contributed by atoms with van der Waals surface area (Å²) in [5.41, 5.74) is 0.620. The molecular weight excluding hydrogens is 261 g/mol. The standard InChI is InChI=1S/C15H20FNO3/c1-2-12(17-9-3-4-13(17)15(19)20)14(18)10-5-7-11(16)8-6-10/h5-8,12-14,18H,2-4,9H2,1H3,(H,19,20). The Kier molecular flexibility index (Phi) is 4.73. The third kappa shape index (κ3) is 2.99. The van der Waals surface area contributed by atoms with E-state index in [-0.39, 0.29) is 11.9 Å². The highest BCUT2D eigenvalue weighted by atomic mass is 19.1. The molecule has 110 valence electrons. The highest BCUT2D eigenvalue weighted by molar-refractivity contribution is 5.73. The molecule has 2 N–H and O–H groups in total. The van der Waals surface area contributed by atoms with Gasteiger partial charge in [-0.15, -0.1) is 0 Å². The van der Waals surface area contributed by atoms with Crippen molar-refractivity contribution in [2.75, 3.05) is 6.54 Å². The molecule has 0 radical (unpaired) electrons. The van der Waals surface area contributed by atoms with Gasteiger partial charge >= 0.3 is 5.97 Å². The fourth-order valence-corrected chi connectivity index (χ4v) is 2.97. The summed E-state index contributed by atoms with van der Waals surface area (Å²) in [6, 6.07) is 4.93. The molecule has 3 atom stereocenters. The maximum atomic E-state index is 12.9. The summed E-state index contributed by atoms with van der Waals surface area (Å²) in [6.45, 7) is 2.60. The van der Waals surface area contributed by atoms with Crippen LogP contribution in [0.15, 0.2) is 24.3 Å². The molecule has 1 saturated heterocycles. The summed E-state index contributed by atoms with van der Waals surface area (Å²) in [7, 11) is 0. The SMILES string of the molecule is CCC(C(O)c1ccc(F)cc1)N1CCCC1C(=O)O. The number of aliphatic hydroxyl groups excluding tert-OH is 1. The molecule has 0 aliphatic carbocycles. The van der Waals surface area contributed by atoms with Crippen LogP contribution in [0.3, 0.4) is 0 Å². The monoisotopic (exact) mass is 281 g/mol. The first kappa shape index (κ1) is 14.9. The summed E-state index contributed by atoms with van der Waals surface area (Å²) < 4.78 is 12.9. The number of benzene rings is 1. The summed E-state index contributed by atoms with van der Waals surface area (Å²) in [5, 5.41) is 19.7. The van der Waals surface area contributed by atoms with Crippen LogP contribution in [0.2, 0.25) is 0 Å². The second-order valence-corrected chi connectivity index (χ2v) is 5.21. The number of likely N-dealkylation sites (tertiary alicyclic amines) is 1. The molecule has 1 aliphatic heterocycles. The van der Waals surface area contributed by atoms with Crippen molar-refractivity contribution in [2.45, 2.75) is 44.4 Å². The van der Waals surface area contributed by atoms with Crippen molar-refractivity contribution in [3.63, 3.8) is 0 Å². The predicted molar refractivity (Wildman–Crippen MR) is 72.8 cm³/mol. The van der Waals surface area contributed by atoms with Crippen molar-refractivity contribution in [1.82, 2.24) is 4.90 Å². The lowest BCUT2D eigenvalue weighted by Crippen LogP contribution is -2.45. The van der Waals surface area contributed by atoms with Gasteiger partial charge in [-0.1, -0.05) is 19.1 Å². The molecule has 0 bridgehead atoms. The number of rotatable bonds is 5. The smallest absolute Gasteiger partial charge is 0.320 e. The molecule has 1 aromatic rings. The van der Waals surface area contributed by atoms with Crippen molar-refractivity contribution in [1.29, 1.82) is 0 Å². The molecule has 0 amide bonds. The van der Waals surface area contributed by atoms with E-state index in [1.54, 1.807) is 12.1 Å². The first-order valence-electron chi connectivity index (χ1n) is 6.96. The summed E-state index contributed by atoms with van der Waals surface area (Å²) in [6.07, 6.45) is 1.27. The van der Waals surface area contributed by atoms with Gasteiger partial charge in [0.25, 0.3) is 0 Å². The molecule has 0 saturated carbocycles. The number of halogens is 1. The summed E-state index contributed by atoms with van der Waals surface area (Å²) >= 11 is 0. The van der Waals surface area contributed by atoms with Crippen LogP contribution >= 0.6 is 0 Å². The van der Waals surface area contributed by atoms with E-state index in [0.717, 1.165) is 6.42 Å². The van der Waals surface area contributed by atoms with Gasteiger partial charge < -0.3 is 10.2 Å². The molecule has 2 rings (SSSR count). The van der Waals surface area contributed by atoms with Crippen LogP contribution in [0.4, 0.5) is 4.39 Å². The lowest BCUT2D eigenvalue weighted by Gasteiger charge is -2.34. The maximum absolute atomic E-state index is 12.9. The van der Waals surface area contributed by atoms with Crippen molar-refractivity contribution in [2.24, 2.45) is 0 Å². The van der Waals surface area contributed by atoms with Crippen LogP contribution in [-0.2, 0) is 4.79 Å². The Hall–Kier alpha value is -1.46. The summed E-state index contributed by atoms with van der Waals surface area (Å²) in [5.74, 6) is -1.19. The molecular formula is C15H20FNO3. The van der Waals surface area contributed by atoms with Gasteiger partial charge in [0.15, 0.2) is 0 Å². The number of carboxylic acids is 1. The van der Waals surface area contributed by atoms with Crippen molar-refractivity contribution in [3.05, 3.63) is 35.6 Å². The predicted octanol–water partition coefficient (Wildman–Crippen LogP) is 2.19.